The number of nitrogens with zero attached hydrogens (tertiary/aromatic N) is 4. The maximum atomic E-state index is 13.7. The Morgan fingerprint density at radius 2 is 1.76 bits per heavy atom. The summed E-state index contributed by atoms with van der Waals surface area (Å²) in [6.07, 6.45) is 3.50. The van der Waals surface area contributed by atoms with E-state index >= 15 is 0 Å². The lowest BCUT2D eigenvalue weighted by Crippen LogP contribution is -2.31. The number of fused-ring (bicyclic) bond motifs is 1. The van der Waals surface area contributed by atoms with E-state index in [1.54, 1.807) is 35.5 Å². The number of rotatable bonds is 6. The molecule has 4 aromatic rings. The van der Waals surface area contributed by atoms with Gasteiger partial charge in [0.05, 0.1) is 17.9 Å². The van der Waals surface area contributed by atoms with Gasteiger partial charge in [0, 0.05) is 30.1 Å². The topological polar surface area (TPSA) is 77.4 Å². The van der Waals surface area contributed by atoms with Crippen LogP contribution >= 0.6 is 0 Å². The number of carbonyl (C=O) groups excluding carboxylic acids is 1. The molecule has 2 aromatic carbocycles. The molecule has 164 valence electrons. The summed E-state index contributed by atoms with van der Waals surface area (Å²) in [6, 6.07) is 20.9. The summed E-state index contributed by atoms with van der Waals surface area (Å²) < 4.78 is 10.9. The van der Waals surface area contributed by atoms with Gasteiger partial charge in [0.2, 0.25) is 6.79 Å². The monoisotopic (exact) mass is 438 g/mol. The summed E-state index contributed by atoms with van der Waals surface area (Å²) in [7, 11) is 0. The SMILES string of the molecule is Cc1ncc(-c2ccccn2)c(CN(Cc2ccccc2)C(=O)c2ccc3c(c2)OCO3)n1. The van der Waals surface area contributed by atoms with Gasteiger partial charge in [-0.25, -0.2) is 9.97 Å². The molecule has 0 spiro atoms. The smallest absolute Gasteiger partial charge is 0.254 e. The minimum absolute atomic E-state index is 0.125. The van der Waals surface area contributed by atoms with E-state index in [1.165, 1.54) is 0 Å². The van der Waals surface area contributed by atoms with Crippen LogP contribution in [0.25, 0.3) is 11.3 Å². The fourth-order valence-electron chi connectivity index (χ4n) is 3.77. The summed E-state index contributed by atoms with van der Waals surface area (Å²) in [6.45, 7) is 2.73. The molecule has 7 heteroatoms. The van der Waals surface area contributed by atoms with Crippen LogP contribution in [0.15, 0.2) is 79.1 Å². The number of aryl methyl sites for hydroxylation is 1. The van der Waals surface area contributed by atoms with Crippen molar-refractivity contribution in [2.75, 3.05) is 6.79 Å². The Labute approximate surface area is 191 Å². The van der Waals surface area contributed by atoms with Crippen LogP contribution in [0.4, 0.5) is 0 Å². The first-order chi connectivity index (χ1) is 16.2. The Hall–Kier alpha value is -4.26. The number of hydrogen-bond donors (Lipinski definition) is 0. The van der Waals surface area contributed by atoms with Crippen LogP contribution in [-0.2, 0) is 13.1 Å². The third kappa shape index (κ3) is 4.52. The Kier molecular flexibility index (Phi) is 5.68. The van der Waals surface area contributed by atoms with Crippen LogP contribution in [0, 0.1) is 6.92 Å². The Morgan fingerprint density at radius 3 is 2.58 bits per heavy atom. The summed E-state index contributed by atoms with van der Waals surface area (Å²) >= 11 is 0. The van der Waals surface area contributed by atoms with E-state index in [2.05, 4.69) is 15.0 Å². The average molecular weight is 438 g/mol. The Bertz CT molecular complexity index is 1280. The van der Waals surface area contributed by atoms with Gasteiger partial charge >= 0.3 is 0 Å². The molecule has 0 aliphatic carbocycles. The van der Waals surface area contributed by atoms with Crippen molar-refractivity contribution in [2.45, 2.75) is 20.0 Å². The summed E-state index contributed by atoms with van der Waals surface area (Å²) in [4.78, 5) is 28.9. The lowest BCUT2D eigenvalue weighted by Gasteiger charge is -2.24. The standard InChI is InChI=1S/C26H22N4O3/c1-18-28-14-21(22-9-5-6-12-27-22)23(29-18)16-30(15-19-7-3-2-4-8-19)26(31)20-10-11-24-25(13-20)33-17-32-24/h2-14H,15-17H2,1H3. The minimum atomic E-state index is -0.125. The fraction of sp³-hybridized carbons (Fsp3) is 0.154. The van der Waals surface area contributed by atoms with Crippen molar-refractivity contribution in [3.8, 4) is 22.8 Å². The highest BCUT2D eigenvalue weighted by Gasteiger charge is 2.23. The molecule has 7 nitrogen and oxygen atoms in total. The van der Waals surface area contributed by atoms with Gasteiger partial charge in [-0.05, 0) is 42.8 Å². The second kappa shape index (κ2) is 9.08. The van der Waals surface area contributed by atoms with Crippen molar-refractivity contribution in [3.05, 3.63) is 102 Å². The van der Waals surface area contributed by atoms with Crippen molar-refractivity contribution < 1.29 is 14.3 Å². The number of hydrogen-bond acceptors (Lipinski definition) is 6. The van der Waals surface area contributed by atoms with E-state index in [0.29, 0.717) is 36.0 Å². The van der Waals surface area contributed by atoms with E-state index < -0.39 is 0 Å². The highest BCUT2D eigenvalue weighted by molar-refractivity contribution is 5.95. The van der Waals surface area contributed by atoms with E-state index in [9.17, 15) is 4.79 Å². The molecule has 1 aliphatic heterocycles. The summed E-state index contributed by atoms with van der Waals surface area (Å²) in [5.41, 5.74) is 3.86. The van der Waals surface area contributed by atoms with Crippen LogP contribution in [-0.4, -0.2) is 32.6 Å². The minimum Gasteiger partial charge on any atom is -0.454 e. The first-order valence-electron chi connectivity index (χ1n) is 10.6. The molecule has 0 bridgehead atoms. The highest BCUT2D eigenvalue weighted by Crippen LogP contribution is 2.33. The van der Waals surface area contributed by atoms with Crippen LogP contribution in [0.1, 0.15) is 27.4 Å². The van der Waals surface area contributed by atoms with Gasteiger partial charge in [0.15, 0.2) is 11.5 Å². The summed E-state index contributed by atoms with van der Waals surface area (Å²) in [5.74, 6) is 1.73. The van der Waals surface area contributed by atoms with Crippen LogP contribution < -0.4 is 9.47 Å². The highest BCUT2D eigenvalue weighted by atomic mass is 16.7. The third-order valence-corrected chi connectivity index (χ3v) is 5.39. The largest absolute Gasteiger partial charge is 0.454 e. The molecule has 1 amide bonds. The number of carbonyl (C=O) groups is 1. The first kappa shape index (κ1) is 20.6. The molecule has 33 heavy (non-hydrogen) atoms. The Balaban J connectivity index is 1.52. The lowest BCUT2D eigenvalue weighted by atomic mass is 10.1. The van der Waals surface area contributed by atoms with Gasteiger partial charge in [-0.3, -0.25) is 9.78 Å². The van der Waals surface area contributed by atoms with Crippen molar-refractivity contribution in [2.24, 2.45) is 0 Å². The van der Waals surface area contributed by atoms with E-state index in [-0.39, 0.29) is 12.7 Å². The zero-order chi connectivity index (χ0) is 22.6. The number of benzene rings is 2. The predicted octanol–water partition coefficient (Wildman–Crippen LogP) is 4.42. The Morgan fingerprint density at radius 1 is 0.939 bits per heavy atom. The van der Waals surface area contributed by atoms with Gasteiger partial charge in [0.1, 0.15) is 5.82 Å². The number of ether oxygens (including phenoxy) is 2. The average Bonchev–Trinajstić information content (AvgIpc) is 3.32. The van der Waals surface area contributed by atoms with E-state index in [1.807, 2.05) is 55.5 Å². The first-order valence-corrected chi connectivity index (χ1v) is 10.6. The number of aromatic nitrogens is 3. The van der Waals surface area contributed by atoms with Crippen LogP contribution in [0.2, 0.25) is 0 Å². The maximum Gasteiger partial charge on any atom is 0.254 e. The van der Waals surface area contributed by atoms with Crippen molar-refractivity contribution in [3.63, 3.8) is 0 Å². The molecule has 0 N–H and O–H groups in total. The molecule has 5 rings (SSSR count). The second-order valence-corrected chi connectivity index (χ2v) is 7.71. The quantitative estimate of drug-likeness (QED) is 0.444. The molecule has 0 unspecified atom stereocenters. The molecule has 0 saturated heterocycles. The molecule has 2 aromatic heterocycles. The molecule has 0 atom stereocenters. The van der Waals surface area contributed by atoms with Crippen LogP contribution in [0.5, 0.6) is 11.5 Å². The molecule has 0 fully saturated rings. The number of pyridine rings is 1. The van der Waals surface area contributed by atoms with Gasteiger partial charge in [0.25, 0.3) is 5.91 Å². The van der Waals surface area contributed by atoms with E-state index in [4.69, 9.17) is 9.47 Å². The van der Waals surface area contributed by atoms with Crippen LogP contribution in [0.3, 0.4) is 0 Å². The van der Waals surface area contributed by atoms with Crippen molar-refractivity contribution in [1.29, 1.82) is 0 Å². The fourth-order valence-corrected chi connectivity index (χ4v) is 3.77. The molecule has 1 aliphatic rings. The maximum absolute atomic E-state index is 13.7. The van der Waals surface area contributed by atoms with Crippen molar-refractivity contribution >= 4 is 5.91 Å². The molecular weight excluding hydrogens is 416 g/mol. The predicted molar refractivity (Wildman–Crippen MR) is 123 cm³/mol. The summed E-state index contributed by atoms with van der Waals surface area (Å²) in [5, 5.41) is 0. The zero-order valence-electron chi connectivity index (χ0n) is 18.1. The lowest BCUT2D eigenvalue weighted by molar-refractivity contribution is 0.0727. The third-order valence-electron chi connectivity index (χ3n) is 5.39. The molecule has 0 radical (unpaired) electrons. The molecular formula is C26H22N4O3. The van der Waals surface area contributed by atoms with E-state index in [0.717, 1.165) is 22.5 Å². The molecule has 3 heterocycles. The number of amides is 1. The van der Waals surface area contributed by atoms with Gasteiger partial charge in [-0.1, -0.05) is 36.4 Å². The molecule has 0 saturated carbocycles. The second-order valence-electron chi connectivity index (χ2n) is 7.71. The zero-order valence-corrected chi connectivity index (χ0v) is 18.1. The van der Waals surface area contributed by atoms with Gasteiger partial charge < -0.3 is 14.4 Å². The van der Waals surface area contributed by atoms with Gasteiger partial charge in [-0.15, -0.1) is 0 Å². The normalized spacial score (nSPS) is 11.9. The van der Waals surface area contributed by atoms with Crippen molar-refractivity contribution in [1.82, 2.24) is 19.9 Å². The van der Waals surface area contributed by atoms with Gasteiger partial charge in [-0.2, -0.15) is 0 Å².